The van der Waals surface area contributed by atoms with Crippen LogP contribution in [0.15, 0.2) is 18.2 Å². The Labute approximate surface area is 155 Å². The van der Waals surface area contributed by atoms with Gasteiger partial charge in [-0.3, -0.25) is 4.79 Å². The molecule has 6 heteroatoms. The second-order valence-corrected chi connectivity index (χ2v) is 6.91. The Kier molecular flexibility index (Phi) is 7.03. The minimum atomic E-state index is -0.807. The van der Waals surface area contributed by atoms with Crippen LogP contribution < -0.4 is 10.1 Å². The largest absolute Gasteiger partial charge is 0.496 e. The van der Waals surface area contributed by atoms with Gasteiger partial charge < -0.3 is 19.5 Å². The van der Waals surface area contributed by atoms with Crippen LogP contribution in [0, 0.1) is 5.92 Å². The van der Waals surface area contributed by atoms with E-state index in [1.165, 1.54) is 14.2 Å². The number of ether oxygens (including phenoxy) is 3. The van der Waals surface area contributed by atoms with Crippen LogP contribution in [-0.2, 0) is 14.3 Å². The van der Waals surface area contributed by atoms with E-state index in [1.807, 2.05) is 6.92 Å². The lowest BCUT2D eigenvalue weighted by atomic mass is 9.78. The van der Waals surface area contributed by atoms with Crippen LogP contribution in [0.4, 0.5) is 5.69 Å². The van der Waals surface area contributed by atoms with Crippen molar-refractivity contribution in [3.05, 3.63) is 23.8 Å². The third-order valence-electron chi connectivity index (χ3n) is 4.81. The predicted octanol–water partition coefficient (Wildman–Crippen LogP) is 3.80. The van der Waals surface area contributed by atoms with Crippen LogP contribution in [0.1, 0.15) is 56.3 Å². The normalized spacial score (nSPS) is 22.5. The summed E-state index contributed by atoms with van der Waals surface area (Å²) in [4.78, 5) is 25.0. The van der Waals surface area contributed by atoms with Crippen molar-refractivity contribution in [2.24, 2.45) is 5.92 Å². The van der Waals surface area contributed by atoms with Gasteiger partial charge in [-0.05, 0) is 49.8 Å². The van der Waals surface area contributed by atoms with E-state index in [9.17, 15) is 9.59 Å². The molecule has 1 amide bonds. The zero-order valence-electron chi connectivity index (χ0n) is 16.1. The molecule has 1 aromatic rings. The highest BCUT2D eigenvalue weighted by Crippen LogP contribution is 2.36. The molecule has 0 heterocycles. The highest BCUT2D eigenvalue weighted by molar-refractivity contribution is 5.99. The van der Waals surface area contributed by atoms with E-state index >= 15 is 0 Å². The van der Waals surface area contributed by atoms with Gasteiger partial charge in [-0.15, -0.1) is 0 Å². The zero-order chi connectivity index (χ0) is 19.2. The Morgan fingerprint density at radius 2 is 2.08 bits per heavy atom. The Morgan fingerprint density at radius 3 is 2.69 bits per heavy atom. The van der Waals surface area contributed by atoms with Crippen molar-refractivity contribution in [1.29, 1.82) is 0 Å². The van der Waals surface area contributed by atoms with Crippen LogP contribution in [0.3, 0.4) is 0 Å². The van der Waals surface area contributed by atoms with Gasteiger partial charge in [0.2, 0.25) is 0 Å². The van der Waals surface area contributed by atoms with Gasteiger partial charge in [0.1, 0.15) is 16.9 Å². The van der Waals surface area contributed by atoms with Gasteiger partial charge in [-0.25, -0.2) is 4.79 Å². The Hall–Kier alpha value is -2.08. The third-order valence-corrected chi connectivity index (χ3v) is 4.81. The maximum Gasteiger partial charge on any atom is 0.341 e. The van der Waals surface area contributed by atoms with Crippen molar-refractivity contribution >= 4 is 17.6 Å². The first-order valence-electron chi connectivity index (χ1n) is 9.17. The van der Waals surface area contributed by atoms with E-state index < -0.39 is 11.6 Å². The van der Waals surface area contributed by atoms with Crippen molar-refractivity contribution in [1.82, 2.24) is 0 Å². The van der Waals surface area contributed by atoms with Gasteiger partial charge >= 0.3 is 5.97 Å². The van der Waals surface area contributed by atoms with E-state index in [0.717, 1.165) is 19.3 Å². The third kappa shape index (κ3) is 4.55. The van der Waals surface area contributed by atoms with Crippen LogP contribution in [-0.4, -0.2) is 38.3 Å². The number of carbonyl (C=O) groups excluding carboxylic acids is 2. The van der Waals surface area contributed by atoms with E-state index in [1.54, 1.807) is 18.2 Å². The lowest BCUT2D eigenvalue weighted by molar-refractivity contribution is -0.148. The van der Waals surface area contributed by atoms with E-state index in [0.29, 0.717) is 36.8 Å². The number of hydrogen-bond acceptors (Lipinski definition) is 5. The minimum absolute atomic E-state index is 0.154. The molecule has 0 radical (unpaired) electrons. The highest BCUT2D eigenvalue weighted by atomic mass is 16.5. The van der Waals surface area contributed by atoms with Gasteiger partial charge in [0.05, 0.1) is 14.2 Å². The summed E-state index contributed by atoms with van der Waals surface area (Å²) < 4.78 is 16.0. The Balaban J connectivity index is 2.24. The summed E-state index contributed by atoms with van der Waals surface area (Å²) in [5, 5.41) is 2.93. The molecule has 6 nitrogen and oxygen atoms in total. The van der Waals surface area contributed by atoms with Crippen LogP contribution in [0.25, 0.3) is 0 Å². The average Bonchev–Trinajstić information content (AvgIpc) is 2.65. The van der Waals surface area contributed by atoms with Crippen LogP contribution >= 0.6 is 0 Å². The maximum absolute atomic E-state index is 13.1. The summed E-state index contributed by atoms with van der Waals surface area (Å²) in [5.74, 6) is 0.172. The van der Waals surface area contributed by atoms with E-state index in [4.69, 9.17) is 14.2 Å². The Morgan fingerprint density at radius 1 is 1.31 bits per heavy atom. The first-order chi connectivity index (χ1) is 12.5. The van der Waals surface area contributed by atoms with Crippen molar-refractivity contribution in [3.8, 4) is 5.75 Å². The molecule has 26 heavy (non-hydrogen) atoms. The summed E-state index contributed by atoms with van der Waals surface area (Å²) in [6, 6.07) is 4.93. The molecule has 0 saturated heterocycles. The summed E-state index contributed by atoms with van der Waals surface area (Å²) in [7, 11) is 2.79. The number of esters is 1. The van der Waals surface area contributed by atoms with Crippen molar-refractivity contribution in [3.63, 3.8) is 0 Å². The molecule has 144 valence electrons. The second-order valence-electron chi connectivity index (χ2n) is 6.91. The molecule has 2 atom stereocenters. The van der Waals surface area contributed by atoms with Crippen molar-refractivity contribution in [2.45, 2.75) is 51.6 Å². The first kappa shape index (κ1) is 20.2. The standard InChI is InChI=1S/C20H29NO5/c1-5-11-26-20(10-6-7-14(2)13-20)19(23)21-15-8-9-17(24-3)16(12-15)18(22)25-4/h8-9,12,14H,5-7,10-11,13H2,1-4H3,(H,21,23). The molecule has 0 aromatic heterocycles. The minimum Gasteiger partial charge on any atom is -0.496 e. The van der Waals surface area contributed by atoms with Gasteiger partial charge in [-0.1, -0.05) is 20.3 Å². The molecule has 1 N–H and O–H groups in total. The van der Waals surface area contributed by atoms with Crippen molar-refractivity contribution < 1.29 is 23.8 Å². The predicted molar refractivity (Wildman–Crippen MR) is 99.6 cm³/mol. The van der Waals surface area contributed by atoms with Crippen LogP contribution in [0.2, 0.25) is 0 Å². The molecule has 1 aromatic carbocycles. The van der Waals surface area contributed by atoms with Gasteiger partial charge in [-0.2, -0.15) is 0 Å². The molecule has 1 saturated carbocycles. The van der Waals surface area contributed by atoms with Gasteiger partial charge in [0.15, 0.2) is 0 Å². The summed E-state index contributed by atoms with van der Waals surface area (Å²) in [6.07, 6.45) is 4.36. The molecule has 1 aliphatic carbocycles. The fourth-order valence-corrected chi connectivity index (χ4v) is 3.50. The number of carbonyl (C=O) groups is 2. The molecule has 2 unspecified atom stereocenters. The number of amides is 1. The number of hydrogen-bond donors (Lipinski definition) is 1. The summed E-state index contributed by atoms with van der Waals surface area (Å²) in [6.45, 7) is 4.74. The number of anilines is 1. The highest BCUT2D eigenvalue weighted by Gasteiger charge is 2.42. The number of nitrogens with one attached hydrogen (secondary N) is 1. The molecule has 0 spiro atoms. The molecule has 2 rings (SSSR count). The van der Waals surface area contributed by atoms with E-state index in [-0.39, 0.29) is 11.5 Å². The fourth-order valence-electron chi connectivity index (χ4n) is 3.50. The SMILES string of the molecule is CCCOC1(C(=O)Nc2ccc(OC)c(C(=O)OC)c2)CCCC(C)C1. The van der Waals surface area contributed by atoms with Gasteiger partial charge in [0, 0.05) is 12.3 Å². The maximum atomic E-state index is 13.1. The van der Waals surface area contributed by atoms with Crippen molar-refractivity contribution in [2.75, 3.05) is 26.1 Å². The fraction of sp³-hybridized carbons (Fsp3) is 0.600. The topological polar surface area (TPSA) is 73.9 Å². The molecule has 0 bridgehead atoms. The quantitative estimate of drug-likeness (QED) is 0.746. The first-order valence-corrected chi connectivity index (χ1v) is 9.17. The molecule has 1 aliphatic rings. The zero-order valence-corrected chi connectivity index (χ0v) is 16.1. The molecular formula is C20H29NO5. The van der Waals surface area contributed by atoms with Crippen LogP contribution in [0.5, 0.6) is 5.75 Å². The second kappa shape index (κ2) is 9.03. The molecule has 1 fully saturated rings. The lowest BCUT2D eigenvalue weighted by Gasteiger charge is -2.38. The number of rotatable bonds is 7. The van der Waals surface area contributed by atoms with Gasteiger partial charge in [0.25, 0.3) is 5.91 Å². The molecular weight excluding hydrogens is 334 g/mol. The number of methoxy groups -OCH3 is 2. The van der Waals surface area contributed by atoms with E-state index in [2.05, 4.69) is 12.2 Å². The number of benzene rings is 1. The lowest BCUT2D eigenvalue weighted by Crippen LogP contribution is -2.48. The summed E-state index contributed by atoms with van der Waals surface area (Å²) >= 11 is 0. The monoisotopic (exact) mass is 363 g/mol. The summed E-state index contributed by atoms with van der Waals surface area (Å²) in [5.41, 5.74) is -0.0128. The molecule has 0 aliphatic heterocycles. The average molecular weight is 363 g/mol. The Bertz CT molecular complexity index is 645. The smallest absolute Gasteiger partial charge is 0.341 e.